The monoisotopic (exact) mass is 462 g/mol. The zero-order valence-corrected chi connectivity index (χ0v) is 22.6. The Bertz CT molecular complexity index is 452. The fourth-order valence-electron chi connectivity index (χ4n) is 4.16. The molecule has 2 heteroatoms. The minimum Gasteiger partial charge on any atom is -0.466 e. The molecule has 0 fully saturated rings. The van der Waals surface area contributed by atoms with E-state index < -0.39 is 0 Å². The predicted octanol–water partition coefficient (Wildman–Crippen LogP) is 10.7. The van der Waals surface area contributed by atoms with Gasteiger partial charge in [0.15, 0.2) is 0 Å². The molecule has 0 radical (unpaired) electrons. The van der Waals surface area contributed by atoms with Crippen LogP contribution in [0, 0.1) is 0 Å². The summed E-state index contributed by atoms with van der Waals surface area (Å²) in [5, 5.41) is 0. The Balaban J connectivity index is 3.26. The van der Waals surface area contributed by atoms with Gasteiger partial charge >= 0.3 is 5.97 Å². The van der Waals surface area contributed by atoms with Crippen LogP contribution in [0.2, 0.25) is 0 Å². The minimum absolute atomic E-state index is 0.000138. The van der Waals surface area contributed by atoms with Crippen LogP contribution < -0.4 is 0 Å². The Kier molecular flexibility index (Phi) is 26.3. The summed E-state index contributed by atoms with van der Waals surface area (Å²) < 4.78 is 5.39. The smallest absolute Gasteiger partial charge is 0.305 e. The van der Waals surface area contributed by atoms with Gasteiger partial charge in [-0.2, -0.15) is 0 Å². The van der Waals surface area contributed by atoms with Crippen molar-refractivity contribution in [2.45, 2.75) is 162 Å². The summed E-state index contributed by atoms with van der Waals surface area (Å²) in [6, 6.07) is 0. The SMILES string of the molecule is C=C(CCCC)CCCCCCCOC(=O)CCCCCCC/C=C\CCCCCCCC. The Labute approximate surface area is 208 Å². The molecule has 2 nitrogen and oxygen atoms in total. The Hall–Kier alpha value is -1.05. The van der Waals surface area contributed by atoms with Crippen LogP contribution in [0.1, 0.15) is 162 Å². The van der Waals surface area contributed by atoms with Gasteiger partial charge in [-0.25, -0.2) is 0 Å². The van der Waals surface area contributed by atoms with Crippen LogP contribution >= 0.6 is 0 Å². The van der Waals surface area contributed by atoms with Gasteiger partial charge in [-0.3, -0.25) is 4.79 Å². The fourth-order valence-corrected chi connectivity index (χ4v) is 4.16. The number of allylic oxidation sites excluding steroid dienone is 3. The molecule has 0 unspecified atom stereocenters. The molecule has 0 spiro atoms. The van der Waals surface area contributed by atoms with Crippen molar-refractivity contribution < 1.29 is 9.53 Å². The van der Waals surface area contributed by atoms with Crippen molar-refractivity contribution in [3.05, 3.63) is 24.3 Å². The van der Waals surface area contributed by atoms with E-state index in [1.54, 1.807) is 0 Å². The van der Waals surface area contributed by atoms with Crippen LogP contribution in [-0.4, -0.2) is 12.6 Å². The lowest BCUT2D eigenvalue weighted by Crippen LogP contribution is -2.05. The molecule has 0 aromatic heterocycles. The minimum atomic E-state index is -0.000138. The number of ether oxygens (including phenoxy) is 1. The molecule has 0 aliphatic rings. The average Bonchev–Trinajstić information content (AvgIpc) is 2.81. The van der Waals surface area contributed by atoms with Crippen molar-refractivity contribution in [2.24, 2.45) is 0 Å². The van der Waals surface area contributed by atoms with Gasteiger partial charge in [-0.15, -0.1) is 0 Å². The van der Waals surface area contributed by atoms with Gasteiger partial charge in [0, 0.05) is 6.42 Å². The van der Waals surface area contributed by atoms with Gasteiger partial charge in [0.25, 0.3) is 0 Å². The summed E-state index contributed by atoms with van der Waals surface area (Å²) in [6.07, 6.45) is 32.9. The highest BCUT2D eigenvalue weighted by molar-refractivity contribution is 5.69. The fraction of sp³-hybridized carbons (Fsp3) is 0.839. The molecule has 0 rings (SSSR count). The van der Waals surface area contributed by atoms with Gasteiger partial charge in [-0.1, -0.05) is 115 Å². The van der Waals surface area contributed by atoms with Crippen LogP contribution in [0.5, 0.6) is 0 Å². The zero-order chi connectivity index (χ0) is 24.2. The number of hydrogen-bond donors (Lipinski definition) is 0. The Morgan fingerprint density at radius 3 is 1.64 bits per heavy atom. The van der Waals surface area contributed by atoms with Gasteiger partial charge in [0.05, 0.1) is 6.61 Å². The quantitative estimate of drug-likeness (QED) is 0.0725. The van der Waals surface area contributed by atoms with E-state index in [-0.39, 0.29) is 5.97 Å². The van der Waals surface area contributed by atoms with E-state index in [0.717, 1.165) is 19.3 Å². The summed E-state index contributed by atoms with van der Waals surface area (Å²) in [7, 11) is 0. The van der Waals surface area contributed by atoms with Crippen LogP contribution in [0.15, 0.2) is 24.3 Å². The molecule has 0 saturated carbocycles. The first-order chi connectivity index (χ1) is 16.2. The molecule has 33 heavy (non-hydrogen) atoms. The second-order valence-corrected chi connectivity index (χ2v) is 9.93. The molecule has 0 aromatic carbocycles. The van der Waals surface area contributed by atoms with Crippen molar-refractivity contribution in [1.29, 1.82) is 0 Å². The third-order valence-electron chi connectivity index (χ3n) is 6.46. The maximum atomic E-state index is 11.8. The van der Waals surface area contributed by atoms with E-state index in [4.69, 9.17) is 4.74 Å². The van der Waals surface area contributed by atoms with Gasteiger partial charge < -0.3 is 4.74 Å². The van der Waals surface area contributed by atoms with Crippen LogP contribution in [0.3, 0.4) is 0 Å². The van der Waals surface area contributed by atoms with Crippen LogP contribution in [-0.2, 0) is 9.53 Å². The third-order valence-corrected chi connectivity index (χ3v) is 6.46. The summed E-state index contributed by atoms with van der Waals surface area (Å²) in [6.45, 7) is 9.28. The lowest BCUT2D eigenvalue weighted by atomic mass is 10.0. The molecule has 0 aliphatic carbocycles. The highest BCUT2D eigenvalue weighted by Gasteiger charge is 2.02. The van der Waals surface area contributed by atoms with Gasteiger partial charge in [0.2, 0.25) is 0 Å². The Morgan fingerprint density at radius 1 is 0.576 bits per heavy atom. The zero-order valence-electron chi connectivity index (χ0n) is 22.6. The Morgan fingerprint density at radius 2 is 1.03 bits per heavy atom. The van der Waals surface area contributed by atoms with Crippen molar-refractivity contribution in [2.75, 3.05) is 6.61 Å². The summed E-state index contributed by atoms with van der Waals surface area (Å²) in [5.74, 6) is -0.000138. The van der Waals surface area contributed by atoms with Crippen LogP contribution in [0.25, 0.3) is 0 Å². The first-order valence-corrected chi connectivity index (χ1v) is 14.7. The van der Waals surface area contributed by atoms with E-state index in [9.17, 15) is 4.79 Å². The lowest BCUT2D eigenvalue weighted by molar-refractivity contribution is -0.143. The molecule has 0 N–H and O–H groups in total. The highest BCUT2D eigenvalue weighted by atomic mass is 16.5. The summed E-state index contributed by atoms with van der Waals surface area (Å²) in [4.78, 5) is 11.8. The van der Waals surface area contributed by atoms with E-state index in [0.29, 0.717) is 13.0 Å². The van der Waals surface area contributed by atoms with E-state index in [2.05, 4.69) is 32.6 Å². The molecule has 0 aliphatic heterocycles. The third kappa shape index (κ3) is 27.1. The number of hydrogen-bond acceptors (Lipinski definition) is 2. The number of carbonyl (C=O) groups excluding carboxylic acids is 1. The van der Waals surface area contributed by atoms with Gasteiger partial charge in [0.1, 0.15) is 0 Å². The first-order valence-electron chi connectivity index (χ1n) is 14.7. The molecule has 0 amide bonds. The molecule has 194 valence electrons. The average molecular weight is 463 g/mol. The standard InChI is InChI=1S/C31H58O2/c1-4-6-8-9-10-11-12-13-14-15-16-17-18-21-24-28-31(32)33-29-25-22-19-20-23-27-30(3)26-7-5-2/h13-14H,3-12,15-29H2,1-2H3/b14-13-. The maximum absolute atomic E-state index is 11.8. The molecular weight excluding hydrogens is 404 g/mol. The molecule has 0 atom stereocenters. The number of unbranched alkanes of at least 4 members (excludes halogenated alkanes) is 16. The predicted molar refractivity (Wildman–Crippen MR) is 147 cm³/mol. The molecule has 0 saturated heterocycles. The molecule has 0 aromatic rings. The number of esters is 1. The van der Waals surface area contributed by atoms with E-state index in [1.165, 1.54) is 128 Å². The molecule has 0 bridgehead atoms. The topological polar surface area (TPSA) is 26.3 Å². The number of rotatable bonds is 26. The van der Waals surface area contributed by atoms with Crippen LogP contribution in [0.4, 0.5) is 0 Å². The van der Waals surface area contributed by atoms with Gasteiger partial charge in [-0.05, 0) is 64.2 Å². The number of carbonyl (C=O) groups is 1. The van der Waals surface area contributed by atoms with Crippen molar-refractivity contribution in [3.8, 4) is 0 Å². The second kappa shape index (κ2) is 27.2. The lowest BCUT2D eigenvalue weighted by Gasteiger charge is -2.06. The largest absolute Gasteiger partial charge is 0.466 e. The highest BCUT2D eigenvalue weighted by Crippen LogP contribution is 2.15. The van der Waals surface area contributed by atoms with E-state index in [1.807, 2.05) is 0 Å². The second-order valence-electron chi connectivity index (χ2n) is 9.93. The van der Waals surface area contributed by atoms with Crippen molar-refractivity contribution >= 4 is 5.97 Å². The summed E-state index contributed by atoms with van der Waals surface area (Å²) in [5.41, 5.74) is 1.42. The van der Waals surface area contributed by atoms with E-state index >= 15 is 0 Å². The summed E-state index contributed by atoms with van der Waals surface area (Å²) >= 11 is 0. The molecule has 0 heterocycles. The molecular formula is C31H58O2. The van der Waals surface area contributed by atoms with Crippen molar-refractivity contribution in [1.82, 2.24) is 0 Å². The normalized spacial score (nSPS) is 11.3. The maximum Gasteiger partial charge on any atom is 0.305 e. The van der Waals surface area contributed by atoms with Crippen molar-refractivity contribution in [3.63, 3.8) is 0 Å². The first kappa shape index (κ1) is 31.9.